The summed E-state index contributed by atoms with van der Waals surface area (Å²) >= 11 is 0. The van der Waals surface area contributed by atoms with Crippen molar-refractivity contribution >= 4 is 0 Å². The van der Waals surface area contributed by atoms with Crippen LogP contribution >= 0.6 is 0 Å². The van der Waals surface area contributed by atoms with Crippen LogP contribution in [0.1, 0.15) is 35.6 Å². The summed E-state index contributed by atoms with van der Waals surface area (Å²) in [6.45, 7) is 0.546. The molecule has 2 aromatic carbocycles. The Morgan fingerprint density at radius 3 is 2.74 bits per heavy atom. The smallest absolute Gasteiger partial charge is 0.125 e. The van der Waals surface area contributed by atoms with Crippen molar-refractivity contribution in [1.82, 2.24) is 0 Å². The van der Waals surface area contributed by atoms with Crippen molar-refractivity contribution in [3.8, 4) is 5.75 Å². The number of fused-ring (bicyclic) bond motifs is 1. The highest BCUT2D eigenvalue weighted by atomic mass is 16.5. The Bertz CT molecular complexity index is 548. The highest BCUT2D eigenvalue weighted by Gasteiger charge is 2.21. The summed E-state index contributed by atoms with van der Waals surface area (Å²) in [5.74, 6) is 0.827. The molecule has 19 heavy (non-hydrogen) atoms. The molecule has 3 rings (SSSR count). The Labute approximate surface area is 113 Å². The fraction of sp³-hybridized carbons (Fsp3) is 0.294. The first-order chi connectivity index (χ1) is 9.34. The van der Waals surface area contributed by atoms with Gasteiger partial charge in [0.2, 0.25) is 0 Å². The van der Waals surface area contributed by atoms with E-state index in [1.165, 1.54) is 5.56 Å². The molecule has 2 aromatic rings. The van der Waals surface area contributed by atoms with E-state index in [9.17, 15) is 5.11 Å². The normalized spacial score (nSPS) is 17.8. The van der Waals surface area contributed by atoms with E-state index in [1.807, 2.05) is 42.5 Å². The molecule has 0 spiro atoms. The van der Waals surface area contributed by atoms with Gasteiger partial charge in [-0.3, -0.25) is 0 Å². The van der Waals surface area contributed by atoms with Gasteiger partial charge >= 0.3 is 0 Å². The second-order valence-corrected chi connectivity index (χ2v) is 5.01. The molecule has 0 aliphatic heterocycles. The zero-order valence-electron chi connectivity index (χ0n) is 10.9. The van der Waals surface area contributed by atoms with Gasteiger partial charge < -0.3 is 9.84 Å². The van der Waals surface area contributed by atoms with Crippen LogP contribution in [-0.4, -0.2) is 5.11 Å². The van der Waals surface area contributed by atoms with Crippen LogP contribution in [0.4, 0.5) is 0 Å². The fourth-order valence-corrected chi connectivity index (χ4v) is 2.68. The molecule has 1 aliphatic rings. The van der Waals surface area contributed by atoms with Gasteiger partial charge in [-0.25, -0.2) is 0 Å². The summed E-state index contributed by atoms with van der Waals surface area (Å²) in [5, 5.41) is 10.2. The lowest BCUT2D eigenvalue weighted by atomic mass is 9.89. The topological polar surface area (TPSA) is 29.5 Å². The van der Waals surface area contributed by atoms with E-state index in [0.29, 0.717) is 6.61 Å². The second-order valence-electron chi connectivity index (χ2n) is 5.01. The van der Waals surface area contributed by atoms with Gasteiger partial charge in [-0.1, -0.05) is 42.5 Å². The maximum absolute atomic E-state index is 10.2. The first-order valence-corrected chi connectivity index (χ1v) is 6.81. The van der Waals surface area contributed by atoms with Crippen molar-refractivity contribution in [2.75, 3.05) is 0 Å². The van der Waals surface area contributed by atoms with Crippen LogP contribution in [0.15, 0.2) is 48.5 Å². The molecule has 98 valence electrons. The lowest BCUT2D eigenvalue weighted by molar-refractivity contribution is 0.149. The van der Waals surface area contributed by atoms with Crippen molar-refractivity contribution in [2.45, 2.75) is 32.0 Å². The molecule has 0 fully saturated rings. The van der Waals surface area contributed by atoms with Crippen LogP contribution in [0, 0.1) is 0 Å². The highest BCUT2D eigenvalue weighted by molar-refractivity contribution is 5.43. The SMILES string of the molecule is OC1CCCc2cccc(OCc3ccccc3)c21. The van der Waals surface area contributed by atoms with Crippen molar-refractivity contribution in [2.24, 2.45) is 0 Å². The minimum Gasteiger partial charge on any atom is -0.489 e. The summed E-state index contributed by atoms with van der Waals surface area (Å²) in [5.41, 5.74) is 3.36. The Hall–Kier alpha value is -1.80. The molecule has 1 N–H and O–H groups in total. The molecule has 2 nitrogen and oxygen atoms in total. The standard InChI is InChI=1S/C17H18O2/c18-15-10-4-8-14-9-5-11-16(17(14)15)19-12-13-6-2-1-3-7-13/h1-3,5-7,9,11,15,18H,4,8,10,12H2. The van der Waals surface area contributed by atoms with Gasteiger partial charge in [-0.05, 0) is 36.5 Å². The average molecular weight is 254 g/mol. The Kier molecular flexibility index (Phi) is 3.51. The number of benzene rings is 2. The van der Waals surface area contributed by atoms with Crippen LogP contribution in [-0.2, 0) is 13.0 Å². The van der Waals surface area contributed by atoms with Crippen molar-refractivity contribution in [1.29, 1.82) is 0 Å². The number of aliphatic hydroxyl groups excluding tert-OH is 1. The third kappa shape index (κ3) is 2.64. The molecule has 0 saturated carbocycles. The monoisotopic (exact) mass is 254 g/mol. The van der Waals surface area contributed by atoms with E-state index >= 15 is 0 Å². The molecular weight excluding hydrogens is 236 g/mol. The minimum atomic E-state index is -0.379. The highest BCUT2D eigenvalue weighted by Crippen LogP contribution is 2.36. The number of aliphatic hydroxyl groups is 1. The minimum absolute atomic E-state index is 0.379. The van der Waals surface area contributed by atoms with Gasteiger partial charge in [-0.2, -0.15) is 0 Å². The van der Waals surface area contributed by atoms with E-state index in [-0.39, 0.29) is 6.10 Å². The van der Waals surface area contributed by atoms with E-state index in [1.54, 1.807) is 0 Å². The van der Waals surface area contributed by atoms with Gasteiger partial charge in [0, 0.05) is 5.56 Å². The molecular formula is C17H18O2. The maximum Gasteiger partial charge on any atom is 0.125 e. The quantitative estimate of drug-likeness (QED) is 0.906. The third-order valence-corrected chi connectivity index (χ3v) is 3.65. The van der Waals surface area contributed by atoms with Gasteiger partial charge in [0.05, 0.1) is 6.10 Å². The zero-order valence-corrected chi connectivity index (χ0v) is 10.9. The van der Waals surface area contributed by atoms with Gasteiger partial charge in [-0.15, -0.1) is 0 Å². The molecule has 0 aromatic heterocycles. The van der Waals surface area contributed by atoms with Crippen LogP contribution in [0.2, 0.25) is 0 Å². The maximum atomic E-state index is 10.2. The molecule has 1 aliphatic carbocycles. The summed E-state index contributed by atoms with van der Waals surface area (Å²) in [4.78, 5) is 0. The molecule has 0 saturated heterocycles. The number of aryl methyl sites for hydroxylation is 1. The molecule has 0 heterocycles. The molecule has 2 heteroatoms. The van der Waals surface area contributed by atoms with E-state index < -0.39 is 0 Å². The summed E-state index contributed by atoms with van der Waals surface area (Å²) in [6.07, 6.45) is 2.54. The van der Waals surface area contributed by atoms with Gasteiger partial charge in [0.25, 0.3) is 0 Å². The lowest BCUT2D eigenvalue weighted by Gasteiger charge is -2.24. The first-order valence-electron chi connectivity index (χ1n) is 6.81. The van der Waals surface area contributed by atoms with Crippen LogP contribution in [0.5, 0.6) is 5.75 Å². The van der Waals surface area contributed by atoms with Crippen molar-refractivity contribution in [3.05, 3.63) is 65.2 Å². The molecule has 0 amide bonds. The summed E-state index contributed by atoms with van der Waals surface area (Å²) < 4.78 is 5.90. The molecule has 0 bridgehead atoms. The second kappa shape index (κ2) is 5.45. The molecule has 1 unspecified atom stereocenters. The zero-order chi connectivity index (χ0) is 13.1. The fourth-order valence-electron chi connectivity index (χ4n) is 2.68. The van der Waals surface area contributed by atoms with E-state index in [4.69, 9.17) is 4.74 Å². The predicted octanol–water partition coefficient (Wildman–Crippen LogP) is 3.64. The Morgan fingerprint density at radius 2 is 1.89 bits per heavy atom. The Morgan fingerprint density at radius 1 is 1.05 bits per heavy atom. The van der Waals surface area contributed by atoms with Gasteiger partial charge in [0.1, 0.15) is 12.4 Å². The summed E-state index contributed by atoms with van der Waals surface area (Å²) in [7, 11) is 0. The van der Waals surface area contributed by atoms with E-state index in [2.05, 4.69) is 6.07 Å². The number of ether oxygens (including phenoxy) is 1. The predicted molar refractivity (Wildman–Crippen MR) is 75.1 cm³/mol. The molecule has 1 atom stereocenters. The van der Waals surface area contributed by atoms with Crippen molar-refractivity contribution in [3.63, 3.8) is 0 Å². The third-order valence-electron chi connectivity index (χ3n) is 3.65. The van der Waals surface area contributed by atoms with E-state index in [0.717, 1.165) is 36.1 Å². The first kappa shape index (κ1) is 12.2. The lowest BCUT2D eigenvalue weighted by Crippen LogP contribution is -2.11. The van der Waals surface area contributed by atoms with Crippen LogP contribution < -0.4 is 4.74 Å². The van der Waals surface area contributed by atoms with Gasteiger partial charge in [0.15, 0.2) is 0 Å². The van der Waals surface area contributed by atoms with Crippen LogP contribution in [0.25, 0.3) is 0 Å². The molecule has 0 radical (unpaired) electrons. The largest absolute Gasteiger partial charge is 0.489 e. The number of hydrogen-bond donors (Lipinski definition) is 1. The number of hydrogen-bond acceptors (Lipinski definition) is 2. The Balaban J connectivity index is 1.82. The van der Waals surface area contributed by atoms with Crippen LogP contribution in [0.3, 0.4) is 0 Å². The number of rotatable bonds is 3. The summed E-state index contributed by atoms with van der Waals surface area (Å²) in [6, 6.07) is 16.2. The van der Waals surface area contributed by atoms with Crippen molar-refractivity contribution < 1.29 is 9.84 Å². The average Bonchev–Trinajstić information content (AvgIpc) is 2.46.